The Balaban J connectivity index is 1.45. The summed E-state index contributed by atoms with van der Waals surface area (Å²) >= 11 is 0. The normalized spacial score (nSPS) is 15.6. The Hall–Kier alpha value is -3.03. The number of carbonyl (C=O) groups is 1. The number of benzene rings is 2. The molecule has 1 amide bonds. The average Bonchev–Trinajstić information content (AvgIpc) is 2.81. The standard InChI is InChI=1S/C24H28N4O3/c1-27-22(25-20-10-6-5-9-19(20)24(27)30)11-12-23(29)26-21(18-7-3-2-4-8-18)17-28-13-15-31-16-14-28/h2-10,21H,11-17H2,1H3,(H,26,29)/p+1/t21-/m1/s1. The number of nitrogens with zero attached hydrogens (tertiary/aromatic N) is 2. The number of para-hydroxylation sites is 1. The van der Waals surface area contributed by atoms with Crippen molar-refractivity contribution in [2.24, 2.45) is 7.05 Å². The first-order valence-corrected chi connectivity index (χ1v) is 10.8. The molecule has 3 aromatic rings. The first-order chi connectivity index (χ1) is 15.1. The Morgan fingerprint density at radius 3 is 2.61 bits per heavy atom. The summed E-state index contributed by atoms with van der Waals surface area (Å²) in [5.41, 5.74) is 1.68. The van der Waals surface area contributed by atoms with Crippen molar-refractivity contribution in [2.75, 3.05) is 32.8 Å². The van der Waals surface area contributed by atoms with E-state index in [9.17, 15) is 9.59 Å². The molecule has 1 aliphatic heterocycles. The molecule has 7 heteroatoms. The minimum absolute atomic E-state index is 0.0380. The van der Waals surface area contributed by atoms with Crippen LogP contribution in [0.15, 0.2) is 59.4 Å². The van der Waals surface area contributed by atoms with Crippen molar-refractivity contribution in [3.63, 3.8) is 0 Å². The van der Waals surface area contributed by atoms with E-state index in [1.807, 2.05) is 36.4 Å². The van der Waals surface area contributed by atoms with Gasteiger partial charge in [0.25, 0.3) is 5.56 Å². The number of nitrogens with one attached hydrogen (secondary N) is 2. The van der Waals surface area contributed by atoms with Crippen LogP contribution in [0.2, 0.25) is 0 Å². The van der Waals surface area contributed by atoms with Gasteiger partial charge in [-0.05, 0) is 17.7 Å². The predicted octanol–water partition coefficient (Wildman–Crippen LogP) is 0.639. The first-order valence-electron chi connectivity index (χ1n) is 10.8. The summed E-state index contributed by atoms with van der Waals surface area (Å²) in [6.45, 7) is 4.23. The van der Waals surface area contributed by atoms with Gasteiger partial charge >= 0.3 is 0 Å². The van der Waals surface area contributed by atoms with Crippen LogP contribution in [0.25, 0.3) is 10.9 Å². The highest BCUT2D eigenvalue weighted by Crippen LogP contribution is 2.12. The van der Waals surface area contributed by atoms with Crippen molar-refractivity contribution in [1.82, 2.24) is 14.9 Å². The summed E-state index contributed by atoms with van der Waals surface area (Å²) in [6.07, 6.45) is 0.689. The number of hydrogen-bond acceptors (Lipinski definition) is 4. The Kier molecular flexibility index (Phi) is 6.74. The number of morpholine rings is 1. The maximum Gasteiger partial charge on any atom is 0.261 e. The summed E-state index contributed by atoms with van der Waals surface area (Å²) in [6, 6.07) is 17.3. The van der Waals surface area contributed by atoms with Gasteiger partial charge in [-0.3, -0.25) is 14.2 Å². The van der Waals surface area contributed by atoms with E-state index in [1.165, 1.54) is 4.90 Å². The number of hydrogen-bond donors (Lipinski definition) is 2. The number of aryl methyl sites for hydroxylation is 1. The lowest BCUT2D eigenvalue weighted by Gasteiger charge is -2.28. The van der Waals surface area contributed by atoms with Crippen molar-refractivity contribution in [3.05, 3.63) is 76.3 Å². The van der Waals surface area contributed by atoms with Gasteiger partial charge in [0, 0.05) is 19.9 Å². The fraction of sp³-hybridized carbons (Fsp3) is 0.375. The quantitative estimate of drug-likeness (QED) is 0.587. The summed E-state index contributed by atoms with van der Waals surface area (Å²) in [5, 5.41) is 3.80. The van der Waals surface area contributed by atoms with Crippen molar-refractivity contribution >= 4 is 16.8 Å². The molecule has 31 heavy (non-hydrogen) atoms. The second-order valence-corrected chi connectivity index (χ2v) is 8.01. The SMILES string of the molecule is Cn1c(CCC(=O)N[C@H](C[NH+]2CCOCC2)c2ccccc2)nc2ccccc2c1=O. The van der Waals surface area contributed by atoms with E-state index in [0.717, 1.165) is 38.4 Å². The molecule has 1 fully saturated rings. The molecule has 1 aromatic heterocycles. The largest absolute Gasteiger partial charge is 0.370 e. The van der Waals surface area contributed by atoms with E-state index in [0.29, 0.717) is 23.1 Å². The van der Waals surface area contributed by atoms with Gasteiger partial charge in [0.05, 0.1) is 24.1 Å². The van der Waals surface area contributed by atoms with Gasteiger partial charge in [0.15, 0.2) is 0 Å². The number of rotatable bonds is 7. The highest BCUT2D eigenvalue weighted by atomic mass is 16.5. The molecule has 2 heterocycles. The molecule has 1 saturated heterocycles. The van der Waals surface area contributed by atoms with Gasteiger partial charge in [-0.15, -0.1) is 0 Å². The van der Waals surface area contributed by atoms with Crippen LogP contribution in [0.4, 0.5) is 0 Å². The smallest absolute Gasteiger partial charge is 0.261 e. The first kappa shape index (κ1) is 21.2. The molecular formula is C24H29N4O3+. The molecule has 0 saturated carbocycles. The van der Waals surface area contributed by atoms with Gasteiger partial charge < -0.3 is 15.0 Å². The van der Waals surface area contributed by atoms with Crippen LogP contribution in [-0.2, 0) is 23.0 Å². The van der Waals surface area contributed by atoms with Crippen LogP contribution in [0.3, 0.4) is 0 Å². The molecule has 1 aliphatic rings. The molecule has 0 unspecified atom stereocenters. The number of quaternary nitrogens is 1. The molecule has 1 atom stereocenters. The fourth-order valence-corrected chi connectivity index (χ4v) is 4.07. The van der Waals surface area contributed by atoms with E-state index in [-0.39, 0.29) is 23.9 Å². The van der Waals surface area contributed by atoms with E-state index in [1.54, 1.807) is 17.7 Å². The number of carbonyl (C=O) groups excluding carboxylic acids is 1. The second kappa shape index (κ2) is 9.85. The zero-order valence-corrected chi connectivity index (χ0v) is 17.8. The Morgan fingerprint density at radius 2 is 1.84 bits per heavy atom. The number of fused-ring (bicyclic) bond motifs is 1. The van der Waals surface area contributed by atoms with Crippen LogP contribution in [-0.4, -0.2) is 48.3 Å². The maximum absolute atomic E-state index is 12.8. The summed E-state index contributed by atoms with van der Waals surface area (Å²) in [7, 11) is 1.71. The Morgan fingerprint density at radius 1 is 1.13 bits per heavy atom. The molecule has 0 bridgehead atoms. The Bertz CT molecular complexity index is 1090. The van der Waals surface area contributed by atoms with E-state index < -0.39 is 0 Å². The summed E-state index contributed by atoms with van der Waals surface area (Å²) in [5.74, 6) is 0.581. The van der Waals surface area contributed by atoms with Gasteiger partial charge in [-0.1, -0.05) is 42.5 Å². The average molecular weight is 422 g/mol. The molecule has 7 nitrogen and oxygen atoms in total. The topological polar surface area (TPSA) is 77.7 Å². The lowest BCUT2D eigenvalue weighted by Crippen LogP contribution is -3.14. The van der Waals surface area contributed by atoms with E-state index in [2.05, 4.69) is 22.4 Å². The third-order valence-electron chi connectivity index (χ3n) is 5.88. The molecule has 162 valence electrons. The van der Waals surface area contributed by atoms with Crippen LogP contribution in [0.1, 0.15) is 23.9 Å². The highest BCUT2D eigenvalue weighted by Gasteiger charge is 2.23. The molecular weight excluding hydrogens is 392 g/mol. The van der Waals surface area contributed by atoms with E-state index in [4.69, 9.17) is 4.74 Å². The third kappa shape index (κ3) is 5.18. The van der Waals surface area contributed by atoms with Crippen LogP contribution < -0.4 is 15.8 Å². The van der Waals surface area contributed by atoms with Crippen molar-refractivity contribution in [1.29, 1.82) is 0 Å². The number of aromatic nitrogens is 2. The maximum atomic E-state index is 12.8. The van der Waals surface area contributed by atoms with Crippen LogP contribution >= 0.6 is 0 Å². The van der Waals surface area contributed by atoms with Gasteiger partial charge in [0.1, 0.15) is 31.5 Å². The van der Waals surface area contributed by atoms with E-state index >= 15 is 0 Å². The van der Waals surface area contributed by atoms with Crippen molar-refractivity contribution in [3.8, 4) is 0 Å². The Labute approximate surface area is 181 Å². The molecule has 2 N–H and O–H groups in total. The minimum atomic E-state index is -0.0842. The zero-order chi connectivity index (χ0) is 21.6. The lowest BCUT2D eigenvalue weighted by atomic mass is 10.1. The number of ether oxygens (including phenoxy) is 1. The van der Waals surface area contributed by atoms with Crippen molar-refractivity contribution < 1.29 is 14.4 Å². The third-order valence-corrected chi connectivity index (χ3v) is 5.88. The van der Waals surface area contributed by atoms with Gasteiger partial charge in [-0.25, -0.2) is 4.98 Å². The molecule has 2 aromatic carbocycles. The molecule has 0 spiro atoms. The number of amides is 1. The predicted molar refractivity (Wildman–Crippen MR) is 119 cm³/mol. The van der Waals surface area contributed by atoms with Gasteiger partial charge in [0.2, 0.25) is 5.91 Å². The van der Waals surface area contributed by atoms with Crippen LogP contribution in [0, 0.1) is 0 Å². The monoisotopic (exact) mass is 421 g/mol. The van der Waals surface area contributed by atoms with Gasteiger partial charge in [-0.2, -0.15) is 0 Å². The second-order valence-electron chi connectivity index (χ2n) is 8.01. The van der Waals surface area contributed by atoms with Crippen molar-refractivity contribution in [2.45, 2.75) is 18.9 Å². The lowest BCUT2D eigenvalue weighted by molar-refractivity contribution is -0.909. The zero-order valence-electron chi connectivity index (χ0n) is 17.8. The minimum Gasteiger partial charge on any atom is -0.370 e. The van der Waals surface area contributed by atoms with Crippen LogP contribution in [0.5, 0.6) is 0 Å². The summed E-state index contributed by atoms with van der Waals surface area (Å²) in [4.78, 5) is 31.5. The molecule has 4 rings (SSSR count). The summed E-state index contributed by atoms with van der Waals surface area (Å²) < 4.78 is 7.01. The molecule has 0 aliphatic carbocycles. The fourth-order valence-electron chi connectivity index (χ4n) is 4.07. The molecule has 0 radical (unpaired) electrons. The highest BCUT2D eigenvalue weighted by molar-refractivity contribution is 5.78.